The van der Waals surface area contributed by atoms with E-state index >= 15 is 0 Å². The number of hydrogen-bond acceptors (Lipinski definition) is 9. The number of Topliss-reactive ketones (excluding diaryl/α,β-unsaturated/α-hetero) is 2. The van der Waals surface area contributed by atoms with Crippen molar-refractivity contribution < 1.29 is 43.9 Å². The third-order valence-electron chi connectivity index (χ3n) is 11.1. The Kier molecular flexibility index (Phi) is 7.13. The number of unbranched alkanes of at least 4 members (excludes halogenated alkanes) is 1. The van der Waals surface area contributed by atoms with Crippen molar-refractivity contribution in [3.63, 3.8) is 0 Å². The van der Waals surface area contributed by atoms with Crippen LogP contribution in [0.3, 0.4) is 0 Å². The number of benzene rings is 2. The van der Waals surface area contributed by atoms with Crippen LogP contribution in [0.4, 0.5) is 0 Å². The smallest absolute Gasteiger partial charge is 0.255 e. The monoisotopic (exact) mass is 619 g/mol. The second-order valence-corrected chi connectivity index (χ2v) is 13.5. The van der Waals surface area contributed by atoms with Gasteiger partial charge < -0.3 is 35.3 Å². The molecule has 2 aromatic carbocycles. The maximum atomic E-state index is 14.5. The number of phenols is 1. The van der Waals surface area contributed by atoms with Crippen LogP contribution >= 0.6 is 0 Å². The van der Waals surface area contributed by atoms with Crippen LogP contribution in [0.1, 0.15) is 93.0 Å². The molecule has 4 atom stereocenters. The standard InChI is InChI=1S/C35H41NO9/c1-7-8-12-45-20-14-21(43-5)27-22-17(15-34(27)16(2)10-9-11-33(34,3)4)23-26(28(38)25(20)22)31(40)35(42)18(29(23)44-6)13-19(37)24(30(35)39)32(36)41/h10,14,18,29,38-39,42H,7-9,11-13,15H2,1-6H3,(H2,36,41)/t18-,29+,34+,35-/m1/s1. The highest BCUT2D eigenvalue weighted by Gasteiger charge is 2.64. The summed E-state index contributed by atoms with van der Waals surface area (Å²) in [6.45, 7) is 8.91. The number of aliphatic hydroxyl groups is 2. The molecule has 5 N–H and O–H groups in total. The molecule has 10 heteroatoms. The molecule has 0 saturated heterocycles. The van der Waals surface area contributed by atoms with Crippen LogP contribution in [0.15, 0.2) is 29.0 Å². The number of aliphatic hydroxyl groups excluding tert-OH is 1. The molecule has 0 aliphatic heterocycles. The number of rotatable bonds is 7. The van der Waals surface area contributed by atoms with Crippen molar-refractivity contribution in [2.75, 3.05) is 20.8 Å². The van der Waals surface area contributed by atoms with Crippen LogP contribution in [-0.4, -0.2) is 59.2 Å². The van der Waals surface area contributed by atoms with E-state index in [1.807, 2.05) is 6.92 Å². The first-order chi connectivity index (χ1) is 21.2. The van der Waals surface area contributed by atoms with Crippen LogP contribution < -0.4 is 15.2 Å². The van der Waals surface area contributed by atoms with E-state index < -0.39 is 64.0 Å². The Hall–Kier alpha value is -3.89. The molecule has 4 aliphatic carbocycles. The van der Waals surface area contributed by atoms with Crippen molar-refractivity contribution >= 4 is 28.2 Å². The van der Waals surface area contributed by atoms with Gasteiger partial charge in [0.05, 0.1) is 30.8 Å². The SMILES string of the molecule is CCCCOc1cc(OC)c2c3c(c4c(c(O)c13)C(=O)[C@]1(O)C(O)=C(C(N)=O)C(=O)C[C@@H]1[C@@H]4OC)C[C@]21C(C)=CCCC1(C)C. The fourth-order valence-electron chi connectivity index (χ4n) is 8.78. The van der Waals surface area contributed by atoms with Gasteiger partial charge in [-0.2, -0.15) is 0 Å². The molecule has 0 aromatic heterocycles. The molecule has 0 bridgehead atoms. The van der Waals surface area contributed by atoms with E-state index in [9.17, 15) is 29.7 Å². The lowest BCUT2D eigenvalue weighted by Gasteiger charge is -2.50. The number of methoxy groups -OCH3 is 2. The number of amides is 1. The van der Waals surface area contributed by atoms with Crippen LogP contribution in [0, 0.1) is 11.3 Å². The summed E-state index contributed by atoms with van der Waals surface area (Å²) in [5.74, 6) is -5.02. The summed E-state index contributed by atoms with van der Waals surface area (Å²) in [6.07, 6.45) is 4.47. The number of fused-ring (bicyclic) bond motifs is 4. The number of carbonyl (C=O) groups excluding carboxylic acids is 3. The van der Waals surface area contributed by atoms with Gasteiger partial charge in [0.25, 0.3) is 5.91 Å². The topological polar surface area (TPSA) is 166 Å². The highest BCUT2D eigenvalue weighted by Crippen LogP contribution is 2.66. The zero-order valence-electron chi connectivity index (χ0n) is 26.6. The first-order valence-corrected chi connectivity index (χ1v) is 15.5. The van der Waals surface area contributed by atoms with Gasteiger partial charge in [-0.25, -0.2) is 0 Å². The van der Waals surface area contributed by atoms with Crippen molar-refractivity contribution in [2.24, 2.45) is 17.1 Å². The third-order valence-corrected chi connectivity index (χ3v) is 11.1. The van der Waals surface area contributed by atoms with Crippen LogP contribution in [-0.2, 0) is 26.2 Å². The van der Waals surface area contributed by atoms with E-state index in [0.717, 1.165) is 42.4 Å². The van der Waals surface area contributed by atoms with Crippen molar-refractivity contribution in [1.29, 1.82) is 0 Å². The highest BCUT2D eigenvalue weighted by atomic mass is 16.5. The Morgan fingerprint density at radius 3 is 2.44 bits per heavy atom. The molecule has 0 heterocycles. The van der Waals surface area contributed by atoms with Gasteiger partial charge in [-0.1, -0.05) is 38.8 Å². The summed E-state index contributed by atoms with van der Waals surface area (Å²) < 4.78 is 18.3. The zero-order valence-corrected chi connectivity index (χ0v) is 26.6. The number of aromatic hydroxyl groups is 1. The van der Waals surface area contributed by atoms with Crippen LogP contribution in [0.2, 0.25) is 0 Å². The maximum Gasteiger partial charge on any atom is 0.255 e. The second kappa shape index (κ2) is 10.3. The van der Waals surface area contributed by atoms with Gasteiger partial charge in [0.2, 0.25) is 5.78 Å². The summed E-state index contributed by atoms with van der Waals surface area (Å²) in [5, 5.41) is 36.4. The summed E-state index contributed by atoms with van der Waals surface area (Å²) in [5.41, 5.74) is 3.83. The number of ether oxygens (including phenoxy) is 3. The molecule has 2 aromatic rings. The predicted molar refractivity (Wildman–Crippen MR) is 166 cm³/mol. The first kappa shape index (κ1) is 31.1. The van der Waals surface area contributed by atoms with Crippen molar-refractivity contribution in [3.05, 3.63) is 51.3 Å². The van der Waals surface area contributed by atoms with Gasteiger partial charge in [0.15, 0.2) is 11.4 Å². The van der Waals surface area contributed by atoms with Crippen molar-refractivity contribution in [3.8, 4) is 17.2 Å². The average molecular weight is 620 g/mol. The van der Waals surface area contributed by atoms with Gasteiger partial charge in [-0.05, 0) is 49.1 Å². The predicted octanol–water partition coefficient (Wildman–Crippen LogP) is 4.79. The second-order valence-electron chi connectivity index (χ2n) is 13.5. The fourth-order valence-corrected chi connectivity index (χ4v) is 8.78. The van der Waals surface area contributed by atoms with Gasteiger partial charge in [-0.15, -0.1) is 0 Å². The average Bonchev–Trinajstić information content (AvgIpc) is 3.34. The van der Waals surface area contributed by atoms with E-state index in [0.29, 0.717) is 40.9 Å². The summed E-state index contributed by atoms with van der Waals surface area (Å²) in [7, 11) is 2.99. The highest BCUT2D eigenvalue weighted by molar-refractivity contribution is 6.23. The normalized spacial score (nSPS) is 28.3. The quantitative estimate of drug-likeness (QED) is 0.194. The summed E-state index contributed by atoms with van der Waals surface area (Å²) >= 11 is 0. The van der Waals surface area contributed by atoms with Gasteiger partial charge >= 0.3 is 0 Å². The molecular weight excluding hydrogens is 578 g/mol. The third kappa shape index (κ3) is 3.78. The molecule has 0 saturated carbocycles. The van der Waals surface area contributed by atoms with E-state index in [2.05, 4.69) is 26.8 Å². The summed E-state index contributed by atoms with van der Waals surface area (Å²) in [6, 6.07) is 1.76. The minimum absolute atomic E-state index is 0.239. The molecule has 240 valence electrons. The Labute approximate surface area is 261 Å². The van der Waals surface area contributed by atoms with E-state index in [1.54, 1.807) is 13.2 Å². The van der Waals surface area contributed by atoms with Crippen molar-refractivity contribution in [1.82, 2.24) is 0 Å². The Morgan fingerprint density at radius 2 is 1.84 bits per heavy atom. The molecule has 1 spiro atoms. The summed E-state index contributed by atoms with van der Waals surface area (Å²) in [4.78, 5) is 39.8. The van der Waals surface area contributed by atoms with Crippen LogP contribution in [0.25, 0.3) is 10.8 Å². The molecule has 0 unspecified atom stereocenters. The minimum Gasteiger partial charge on any atom is -0.508 e. The molecule has 0 fully saturated rings. The molecule has 6 rings (SSSR count). The maximum absolute atomic E-state index is 14.5. The van der Waals surface area contributed by atoms with Crippen molar-refractivity contribution in [2.45, 2.75) is 83.3 Å². The lowest BCUT2D eigenvalue weighted by Crippen LogP contribution is -2.58. The van der Waals surface area contributed by atoms with Gasteiger partial charge in [-0.3, -0.25) is 14.4 Å². The van der Waals surface area contributed by atoms with Gasteiger partial charge in [0.1, 0.15) is 28.6 Å². The number of primary amides is 1. The van der Waals surface area contributed by atoms with Crippen LogP contribution in [0.5, 0.6) is 17.2 Å². The molecule has 0 radical (unpaired) electrons. The Balaban J connectivity index is 1.78. The zero-order chi connectivity index (χ0) is 32.8. The lowest BCUT2D eigenvalue weighted by molar-refractivity contribution is -0.131. The number of allylic oxidation sites excluding steroid dienone is 2. The number of phenolic OH excluding ortho intramolecular Hbond substituents is 1. The molecule has 4 aliphatic rings. The van der Waals surface area contributed by atoms with E-state index in [4.69, 9.17) is 19.9 Å². The number of hydrogen-bond donors (Lipinski definition) is 4. The molecule has 10 nitrogen and oxygen atoms in total. The number of ketones is 2. The largest absolute Gasteiger partial charge is 0.508 e. The Morgan fingerprint density at radius 1 is 1.13 bits per heavy atom. The first-order valence-electron chi connectivity index (χ1n) is 15.5. The van der Waals surface area contributed by atoms with Gasteiger partial charge in [0, 0.05) is 41.9 Å². The molecule has 45 heavy (non-hydrogen) atoms. The fraction of sp³-hybridized carbons (Fsp3) is 0.514. The molecular formula is C35H41NO9. The van der Waals surface area contributed by atoms with E-state index in [1.165, 1.54) is 7.11 Å². The lowest BCUT2D eigenvalue weighted by atomic mass is 9.54. The minimum atomic E-state index is -2.74. The number of carbonyl (C=O) groups is 3. The molecule has 1 amide bonds. The number of nitrogens with two attached hydrogens (primary N) is 1. The van der Waals surface area contributed by atoms with E-state index in [-0.39, 0.29) is 11.0 Å². The Bertz CT molecular complexity index is 1750.